The lowest BCUT2D eigenvalue weighted by atomic mass is 9.94. The van der Waals surface area contributed by atoms with Crippen LogP contribution in [0.25, 0.3) is 0 Å². The van der Waals surface area contributed by atoms with Gasteiger partial charge in [0.15, 0.2) is 0 Å². The van der Waals surface area contributed by atoms with Gasteiger partial charge in [0.1, 0.15) is 6.17 Å². The van der Waals surface area contributed by atoms with E-state index in [1.807, 2.05) is 39.0 Å². The lowest BCUT2D eigenvalue weighted by molar-refractivity contribution is 0.250. The summed E-state index contributed by atoms with van der Waals surface area (Å²) in [6, 6.07) is 5.87. The van der Waals surface area contributed by atoms with Crippen molar-refractivity contribution in [3.05, 3.63) is 34.9 Å². The van der Waals surface area contributed by atoms with Crippen LogP contribution < -0.4 is 5.73 Å². The van der Waals surface area contributed by atoms with Crippen molar-refractivity contribution in [1.82, 2.24) is 0 Å². The lowest BCUT2D eigenvalue weighted by Crippen LogP contribution is -2.17. The summed E-state index contributed by atoms with van der Waals surface area (Å²) in [6.45, 7) is 6.13. The maximum atomic E-state index is 13.9. The fraction of sp³-hybridized carbons (Fsp3) is 0.500. The maximum Gasteiger partial charge on any atom is 0.129 e. The molecule has 0 radical (unpaired) electrons. The van der Waals surface area contributed by atoms with E-state index < -0.39 is 6.17 Å². The number of hydrogen-bond donors (Lipinski definition) is 1. The number of halogens is 1. The summed E-state index contributed by atoms with van der Waals surface area (Å²) in [5.41, 5.74) is 8.34. The Kier molecular flexibility index (Phi) is 3.64. The van der Waals surface area contributed by atoms with Crippen molar-refractivity contribution < 1.29 is 4.39 Å². The SMILES string of the molecule is Cc1ccc(C)c(C(F)C(C)CN)c1. The zero-order chi connectivity index (χ0) is 10.7. The van der Waals surface area contributed by atoms with Crippen LogP contribution in [0, 0.1) is 19.8 Å². The van der Waals surface area contributed by atoms with E-state index in [1.165, 1.54) is 0 Å². The average molecular weight is 195 g/mol. The highest BCUT2D eigenvalue weighted by molar-refractivity contribution is 5.32. The highest BCUT2D eigenvalue weighted by atomic mass is 19.1. The molecule has 0 aliphatic heterocycles. The fourth-order valence-electron chi connectivity index (χ4n) is 1.48. The molecule has 0 aliphatic rings. The highest BCUT2D eigenvalue weighted by Gasteiger charge is 2.18. The molecule has 0 heterocycles. The quantitative estimate of drug-likeness (QED) is 0.788. The monoisotopic (exact) mass is 195 g/mol. The van der Waals surface area contributed by atoms with Gasteiger partial charge in [-0.1, -0.05) is 30.7 Å². The summed E-state index contributed by atoms with van der Waals surface area (Å²) >= 11 is 0. The third-order valence-electron chi connectivity index (χ3n) is 2.60. The van der Waals surface area contributed by atoms with E-state index >= 15 is 0 Å². The second kappa shape index (κ2) is 4.56. The first-order valence-corrected chi connectivity index (χ1v) is 4.97. The van der Waals surface area contributed by atoms with Gasteiger partial charge in [-0.15, -0.1) is 0 Å². The molecule has 1 aromatic rings. The van der Waals surface area contributed by atoms with Crippen molar-refractivity contribution in [2.24, 2.45) is 11.7 Å². The molecular weight excluding hydrogens is 177 g/mol. The second-order valence-corrected chi connectivity index (χ2v) is 3.97. The first kappa shape index (κ1) is 11.2. The van der Waals surface area contributed by atoms with Gasteiger partial charge in [0, 0.05) is 5.92 Å². The van der Waals surface area contributed by atoms with Crippen LogP contribution in [0.5, 0.6) is 0 Å². The van der Waals surface area contributed by atoms with E-state index in [0.29, 0.717) is 6.54 Å². The molecule has 0 fully saturated rings. The molecule has 0 bridgehead atoms. The highest BCUT2D eigenvalue weighted by Crippen LogP contribution is 2.28. The third kappa shape index (κ3) is 2.32. The molecule has 1 rings (SSSR count). The van der Waals surface area contributed by atoms with Crippen LogP contribution in [0.3, 0.4) is 0 Å². The minimum atomic E-state index is -0.945. The van der Waals surface area contributed by atoms with E-state index in [-0.39, 0.29) is 5.92 Å². The molecule has 2 N–H and O–H groups in total. The van der Waals surface area contributed by atoms with Crippen molar-refractivity contribution in [2.75, 3.05) is 6.54 Å². The van der Waals surface area contributed by atoms with Gasteiger partial charge < -0.3 is 5.73 Å². The number of hydrogen-bond acceptors (Lipinski definition) is 1. The van der Waals surface area contributed by atoms with Crippen molar-refractivity contribution in [3.8, 4) is 0 Å². The molecule has 2 unspecified atom stereocenters. The Labute approximate surface area is 85.1 Å². The molecule has 0 spiro atoms. The minimum Gasteiger partial charge on any atom is -0.330 e. The van der Waals surface area contributed by atoms with Crippen LogP contribution in [0.4, 0.5) is 4.39 Å². The van der Waals surface area contributed by atoms with Crippen LogP contribution in [0.1, 0.15) is 29.8 Å². The molecule has 2 heteroatoms. The van der Waals surface area contributed by atoms with Crippen LogP contribution >= 0.6 is 0 Å². The molecule has 0 aliphatic carbocycles. The van der Waals surface area contributed by atoms with Crippen LogP contribution in [-0.2, 0) is 0 Å². The largest absolute Gasteiger partial charge is 0.330 e. The minimum absolute atomic E-state index is 0.115. The number of nitrogens with two attached hydrogens (primary N) is 1. The van der Waals surface area contributed by atoms with Crippen LogP contribution in [-0.4, -0.2) is 6.54 Å². The number of rotatable bonds is 3. The topological polar surface area (TPSA) is 26.0 Å². The van der Waals surface area contributed by atoms with E-state index in [4.69, 9.17) is 5.73 Å². The zero-order valence-corrected chi connectivity index (χ0v) is 9.05. The number of aryl methyl sites for hydroxylation is 2. The molecule has 1 aromatic carbocycles. The van der Waals surface area contributed by atoms with E-state index in [2.05, 4.69) is 0 Å². The lowest BCUT2D eigenvalue weighted by Gasteiger charge is -2.17. The van der Waals surface area contributed by atoms with E-state index in [1.54, 1.807) is 0 Å². The van der Waals surface area contributed by atoms with Crippen molar-refractivity contribution in [3.63, 3.8) is 0 Å². The molecule has 0 amide bonds. The van der Waals surface area contributed by atoms with Gasteiger partial charge in [-0.2, -0.15) is 0 Å². The molecular formula is C12H18FN. The molecule has 14 heavy (non-hydrogen) atoms. The third-order valence-corrected chi connectivity index (χ3v) is 2.60. The Balaban J connectivity index is 2.99. The van der Waals surface area contributed by atoms with Gasteiger partial charge in [-0.3, -0.25) is 0 Å². The van der Waals surface area contributed by atoms with Gasteiger partial charge in [-0.25, -0.2) is 4.39 Å². The smallest absolute Gasteiger partial charge is 0.129 e. The van der Waals surface area contributed by atoms with Crippen LogP contribution in [0.15, 0.2) is 18.2 Å². The number of alkyl halides is 1. The Morgan fingerprint density at radius 3 is 2.57 bits per heavy atom. The first-order chi connectivity index (χ1) is 6.56. The van der Waals surface area contributed by atoms with Gasteiger partial charge >= 0.3 is 0 Å². The predicted molar refractivity (Wildman–Crippen MR) is 58.0 cm³/mol. The summed E-state index contributed by atoms with van der Waals surface area (Å²) in [5.74, 6) is -0.115. The molecule has 0 saturated heterocycles. The summed E-state index contributed by atoms with van der Waals surface area (Å²) in [6.07, 6.45) is -0.945. The van der Waals surface area contributed by atoms with Gasteiger partial charge in [0.2, 0.25) is 0 Å². The summed E-state index contributed by atoms with van der Waals surface area (Å²) in [4.78, 5) is 0. The predicted octanol–water partition coefficient (Wildman–Crippen LogP) is 2.91. The van der Waals surface area contributed by atoms with Crippen LogP contribution in [0.2, 0.25) is 0 Å². The Hall–Kier alpha value is -0.890. The fourth-order valence-corrected chi connectivity index (χ4v) is 1.48. The second-order valence-electron chi connectivity index (χ2n) is 3.97. The number of benzene rings is 1. The Morgan fingerprint density at radius 1 is 1.36 bits per heavy atom. The van der Waals surface area contributed by atoms with Gasteiger partial charge in [-0.05, 0) is 31.5 Å². The van der Waals surface area contributed by atoms with Gasteiger partial charge in [0.05, 0.1) is 0 Å². The normalized spacial score (nSPS) is 15.2. The maximum absolute atomic E-state index is 13.9. The molecule has 1 nitrogen and oxygen atoms in total. The summed E-state index contributed by atoms with van der Waals surface area (Å²) in [7, 11) is 0. The van der Waals surface area contributed by atoms with Crippen molar-refractivity contribution in [2.45, 2.75) is 26.9 Å². The average Bonchev–Trinajstić information content (AvgIpc) is 2.19. The molecule has 78 valence electrons. The molecule has 2 atom stereocenters. The standard InChI is InChI=1S/C12H18FN/c1-8-4-5-9(2)11(6-8)12(13)10(3)7-14/h4-6,10,12H,7,14H2,1-3H3. The molecule has 0 saturated carbocycles. The Morgan fingerprint density at radius 2 is 2.00 bits per heavy atom. The first-order valence-electron chi connectivity index (χ1n) is 4.97. The summed E-state index contributed by atoms with van der Waals surface area (Å²) in [5, 5.41) is 0. The van der Waals surface area contributed by atoms with Gasteiger partial charge in [0.25, 0.3) is 0 Å². The summed E-state index contributed by atoms with van der Waals surface area (Å²) < 4.78 is 13.9. The van der Waals surface area contributed by atoms with Crippen molar-refractivity contribution in [1.29, 1.82) is 0 Å². The molecule has 0 aromatic heterocycles. The van der Waals surface area contributed by atoms with E-state index in [9.17, 15) is 4.39 Å². The van der Waals surface area contributed by atoms with E-state index in [0.717, 1.165) is 16.7 Å². The van der Waals surface area contributed by atoms with Crippen molar-refractivity contribution >= 4 is 0 Å². The zero-order valence-electron chi connectivity index (χ0n) is 9.05. The Bertz CT molecular complexity index is 309.